The number of anilines is 3. The monoisotopic (exact) mass is 1240 g/mol. The molecule has 88 heavy (non-hydrogen) atoms. The highest BCUT2D eigenvalue weighted by Crippen LogP contribution is 2.38. The number of likely N-dealkylation sites (N-methyl/N-ethyl adjacent to an activating group) is 1. The topological polar surface area (TPSA) is 242 Å². The standard InChI is InChI=1S/C62H77F4N13O8S/c1-37-32-78(33-38(2)74(37)7)50-27-48(63)45(25-49(50)72-57(84)46-31-67-53(82)26-47(46)62(64,65)66)42-12-16-77(17-13-42)60-69-29-41(30-70-60)34-75-18-20-76(21-19-75)54(83)15-23-87-22-14-52(81)73-56(61(4,5)6)59(86)79-35-44(80)24-51(79)58(85)68-28-40-8-10-43(11-9-40)55-39(3)71-36-88-55/h8-12,25-27,29-31,36-38,44,51,56,80H,13-24,28,32-35H2,1-7H3,(H,67,82)(H,68,85)(H,72,84)(H,73,81)/t37-,38+,44-,51+,56?/m1/s1. The lowest BCUT2D eigenvalue weighted by atomic mass is 9.85. The minimum absolute atomic E-state index is 0.0187. The number of hydrogen-bond acceptors (Lipinski definition) is 16. The van der Waals surface area contributed by atoms with E-state index in [0.29, 0.717) is 88.6 Å². The molecule has 1 unspecified atom stereocenters. The van der Waals surface area contributed by atoms with Crippen molar-refractivity contribution in [3.05, 3.63) is 122 Å². The maximum Gasteiger partial charge on any atom is 0.417 e. The first-order valence-corrected chi connectivity index (χ1v) is 30.5. The van der Waals surface area contributed by atoms with Gasteiger partial charge >= 0.3 is 6.18 Å². The fourth-order valence-corrected chi connectivity index (χ4v) is 12.4. The average molecular weight is 1240 g/mol. The number of piperazine rings is 2. The van der Waals surface area contributed by atoms with Crippen LogP contribution in [0.3, 0.4) is 0 Å². The molecule has 3 saturated heterocycles. The predicted molar refractivity (Wildman–Crippen MR) is 326 cm³/mol. The number of aliphatic hydroxyl groups excluding tert-OH is 1. The van der Waals surface area contributed by atoms with Crippen LogP contribution < -0.4 is 31.3 Å². The molecular weight excluding hydrogens is 1160 g/mol. The smallest absolute Gasteiger partial charge is 0.391 e. The van der Waals surface area contributed by atoms with Gasteiger partial charge in [0.05, 0.1) is 64.3 Å². The second-order valence-corrected chi connectivity index (χ2v) is 25.1. The number of alkyl halides is 3. The first-order chi connectivity index (χ1) is 41.8. The van der Waals surface area contributed by atoms with Gasteiger partial charge in [0.25, 0.3) is 5.91 Å². The van der Waals surface area contributed by atoms with Crippen LogP contribution in [0.25, 0.3) is 16.0 Å². The van der Waals surface area contributed by atoms with E-state index in [1.165, 1.54) is 17.0 Å². The van der Waals surface area contributed by atoms with E-state index in [9.17, 15) is 47.0 Å². The van der Waals surface area contributed by atoms with E-state index in [1.807, 2.05) is 88.7 Å². The number of aliphatic hydroxyl groups is 1. The number of carbonyl (C=O) groups is 5. The van der Waals surface area contributed by atoms with Crippen LogP contribution in [-0.2, 0) is 43.2 Å². The van der Waals surface area contributed by atoms with E-state index in [2.05, 4.69) is 45.7 Å². The zero-order valence-electron chi connectivity index (χ0n) is 50.6. The summed E-state index contributed by atoms with van der Waals surface area (Å²) in [5.41, 5.74) is 2.87. The van der Waals surface area contributed by atoms with Crippen molar-refractivity contribution in [2.75, 3.05) is 94.3 Å². The van der Waals surface area contributed by atoms with E-state index in [4.69, 9.17) is 4.74 Å². The second-order valence-electron chi connectivity index (χ2n) is 24.2. The van der Waals surface area contributed by atoms with Crippen molar-refractivity contribution in [2.24, 2.45) is 5.41 Å². The van der Waals surface area contributed by atoms with Crippen LogP contribution in [0.1, 0.15) is 98.6 Å². The Bertz CT molecular complexity index is 3410. The summed E-state index contributed by atoms with van der Waals surface area (Å²) in [4.78, 5) is 108. The normalized spacial score (nSPS) is 20.0. The highest BCUT2D eigenvalue weighted by molar-refractivity contribution is 7.13. The molecule has 5 N–H and O–H groups in total. The summed E-state index contributed by atoms with van der Waals surface area (Å²) in [6, 6.07) is 9.09. The number of pyridine rings is 1. The fourth-order valence-electron chi connectivity index (χ4n) is 11.6. The van der Waals surface area contributed by atoms with Gasteiger partial charge in [0.15, 0.2) is 0 Å². The van der Waals surface area contributed by atoms with E-state index >= 15 is 4.39 Å². The van der Waals surface area contributed by atoms with Gasteiger partial charge in [-0.3, -0.25) is 38.6 Å². The number of aromatic nitrogens is 4. The molecule has 5 amide bonds. The number of benzene rings is 2. The quantitative estimate of drug-likeness (QED) is 0.0465. The van der Waals surface area contributed by atoms with Crippen molar-refractivity contribution in [3.63, 3.8) is 0 Å². The van der Waals surface area contributed by atoms with Gasteiger partial charge in [0.1, 0.15) is 17.9 Å². The Hall–Kier alpha value is -7.65. The molecule has 472 valence electrons. The third kappa shape index (κ3) is 15.8. The predicted octanol–water partition coefficient (Wildman–Crippen LogP) is 6.08. The van der Waals surface area contributed by atoms with Crippen LogP contribution in [0, 0.1) is 18.2 Å². The Morgan fingerprint density at radius 1 is 0.886 bits per heavy atom. The summed E-state index contributed by atoms with van der Waals surface area (Å²) in [6.07, 6.45) is 0.672. The fraction of sp³-hybridized carbons (Fsp3) is 0.500. The lowest BCUT2D eigenvalue weighted by molar-refractivity contribution is -0.144. The summed E-state index contributed by atoms with van der Waals surface area (Å²) in [5.74, 6) is -2.57. The number of hydrogen-bond donors (Lipinski definition) is 5. The number of carbonyl (C=O) groups excluding carboxylic acids is 5. The number of rotatable bonds is 19. The number of aryl methyl sites for hydroxylation is 1. The number of halogens is 4. The summed E-state index contributed by atoms with van der Waals surface area (Å²) in [5, 5.41) is 19.0. The largest absolute Gasteiger partial charge is 0.417 e. The van der Waals surface area contributed by atoms with Gasteiger partial charge in [-0.1, -0.05) is 51.1 Å². The van der Waals surface area contributed by atoms with Crippen LogP contribution in [-0.4, -0.2) is 184 Å². The number of nitrogens with zero attached hydrogens (tertiary/aromatic N) is 9. The van der Waals surface area contributed by atoms with Gasteiger partial charge < -0.3 is 50.4 Å². The van der Waals surface area contributed by atoms with E-state index in [0.717, 1.165) is 33.5 Å². The number of ether oxygens (including phenoxy) is 1. The Labute approximate surface area is 512 Å². The zero-order valence-corrected chi connectivity index (χ0v) is 51.4. The number of nitrogens with one attached hydrogen (secondary N) is 4. The Morgan fingerprint density at radius 3 is 2.22 bits per heavy atom. The van der Waals surface area contributed by atoms with E-state index in [-0.39, 0.29) is 74.8 Å². The summed E-state index contributed by atoms with van der Waals surface area (Å²) < 4.78 is 64.1. The van der Waals surface area contributed by atoms with Crippen LogP contribution in [0.4, 0.5) is 34.9 Å². The van der Waals surface area contributed by atoms with Crippen LogP contribution in [0.2, 0.25) is 0 Å². The molecule has 4 aliphatic rings. The Kier molecular flexibility index (Phi) is 20.5. The average Bonchev–Trinajstić information content (AvgIpc) is 2.05. The molecule has 5 aromatic rings. The summed E-state index contributed by atoms with van der Waals surface area (Å²) in [7, 11) is 1.98. The molecule has 4 aliphatic heterocycles. The van der Waals surface area contributed by atoms with Gasteiger partial charge in [-0.05, 0) is 68.5 Å². The van der Waals surface area contributed by atoms with E-state index in [1.54, 1.807) is 34.1 Å². The number of likely N-dealkylation sites (tertiary alicyclic amines) is 1. The maximum absolute atomic E-state index is 16.3. The van der Waals surface area contributed by atoms with E-state index < -0.39 is 75.9 Å². The molecule has 3 aromatic heterocycles. The molecule has 9 rings (SSSR count). The number of H-pyrrole nitrogens is 1. The highest BCUT2D eigenvalue weighted by atomic mass is 32.1. The Balaban J connectivity index is 0.707. The number of amides is 5. The van der Waals surface area contributed by atoms with Gasteiger partial charge in [0, 0.05) is 133 Å². The van der Waals surface area contributed by atoms with Gasteiger partial charge in [0.2, 0.25) is 35.1 Å². The molecule has 0 aliphatic carbocycles. The first kappa shape index (κ1) is 64.8. The van der Waals surface area contributed by atoms with Gasteiger partial charge in [-0.25, -0.2) is 19.3 Å². The molecule has 2 aromatic carbocycles. The number of β-amino-alcohol motifs (C(OH)–C–C–N with tert-alkyl or cyclic N) is 1. The zero-order chi connectivity index (χ0) is 63.2. The van der Waals surface area contributed by atoms with Crippen LogP contribution >= 0.6 is 11.3 Å². The molecule has 21 nitrogen and oxygen atoms in total. The second kappa shape index (κ2) is 27.8. The lowest BCUT2D eigenvalue weighted by Gasteiger charge is -2.44. The highest BCUT2D eigenvalue weighted by Gasteiger charge is 2.45. The van der Waals surface area contributed by atoms with Crippen LogP contribution in [0.5, 0.6) is 0 Å². The maximum atomic E-state index is 16.3. The van der Waals surface area contributed by atoms with Crippen LogP contribution in [0.15, 0.2) is 77.4 Å². The lowest BCUT2D eigenvalue weighted by Crippen LogP contribution is -2.57. The van der Waals surface area contributed by atoms with Gasteiger partial charge in [-0.15, -0.1) is 11.3 Å². The third-order valence-electron chi connectivity index (χ3n) is 16.8. The van der Waals surface area contributed by atoms with Crippen molar-refractivity contribution < 1.29 is 51.4 Å². The SMILES string of the molecule is Cc1ncsc1-c1ccc(CNC(=O)[C@@H]2C[C@@H](O)CN2C(=O)C(NC(=O)CCOCCC(=O)N2CCN(Cc3cnc(N4CC=C(c5cc(NC(=O)c6c[nH]c(=O)cc6C(F)(F)F)c(N6C[C@@H](C)N(C)[C@@H](C)C6)cc5F)CC4)nc3)CC2)C(C)(C)C)cc1. The third-order valence-corrected chi connectivity index (χ3v) is 17.8. The van der Waals surface area contributed by atoms with Crippen molar-refractivity contribution in [3.8, 4) is 10.4 Å². The molecule has 0 spiro atoms. The molecule has 5 atom stereocenters. The minimum Gasteiger partial charge on any atom is -0.391 e. The Morgan fingerprint density at radius 2 is 1.58 bits per heavy atom. The van der Waals surface area contributed by atoms with Gasteiger partial charge in [-0.2, -0.15) is 13.2 Å². The number of aromatic amines is 1. The number of thiazole rings is 1. The molecule has 26 heteroatoms. The summed E-state index contributed by atoms with van der Waals surface area (Å²) in [6.45, 7) is 16.2. The van der Waals surface area contributed by atoms with Crippen molar-refractivity contribution >= 4 is 63.8 Å². The molecule has 0 radical (unpaired) electrons. The summed E-state index contributed by atoms with van der Waals surface area (Å²) >= 11 is 1.56. The molecule has 0 bridgehead atoms. The minimum atomic E-state index is -4.99. The first-order valence-electron chi connectivity index (χ1n) is 29.6. The van der Waals surface area contributed by atoms with Crippen molar-refractivity contribution in [1.82, 2.24) is 50.2 Å². The molecular formula is C62H77F4N13O8S. The molecule has 0 saturated carbocycles. The molecule has 7 heterocycles. The van der Waals surface area contributed by atoms with Crippen molar-refractivity contribution in [2.45, 2.75) is 117 Å². The molecule has 3 fully saturated rings. The van der Waals surface area contributed by atoms with Crippen molar-refractivity contribution in [1.29, 1.82) is 0 Å².